The number of nitrogens with one attached hydrogen (secondary N) is 2. The number of hydrogen-bond donors (Lipinski definition) is 2. The highest BCUT2D eigenvalue weighted by Crippen LogP contribution is 2.32. The van der Waals surface area contributed by atoms with Gasteiger partial charge in [0.25, 0.3) is 11.8 Å². The van der Waals surface area contributed by atoms with E-state index in [9.17, 15) is 22.8 Å². The normalized spacial score (nSPS) is 11.7. The second kappa shape index (κ2) is 8.93. The molecule has 0 saturated carbocycles. The Hall–Kier alpha value is -3.68. The number of aryl methyl sites for hydroxylation is 2. The van der Waals surface area contributed by atoms with E-state index in [2.05, 4.69) is 41.7 Å². The van der Waals surface area contributed by atoms with Gasteiger partial charge in [0.15, 0.2) is 17.0 Å². The van der Waals surface area contributed by atoms with Crippen molar-refractivity contribution in [2.75, 3.05) is 5.32 Å². The summed E-state index contributed by atoms with van der Waals surface area (Å²) in [5.41, 5.74) is -1.49. The lowest BCUT2D eigenvalue weighted by Gasteiger charge is -2.09. The molecule has 0 aliphatic carbocycles. The van der Waals surface area contributed by atoms with E-state index >= 15 is 0 Å². The van der Waals surface area contributed by atoms with Crippen LogP contribution >= 0.6 is 15.9 Å². The molecule has 34 heavy (non-hydrogen) atoms. The van der Waals surface area contributed by atoms with Crippen LogP contribution < -0.4 is 10.6 Å². The first-order valence-corrected chi connectivity index (χ1v) is 10.7. The molecule has 0 bridgehead atoms. The molecule has 14 heteroatoms. The van der Waals surface area contributed by atoms with E-state index < -0.39 is 23.7 Å². The fraction of sp³-hybridized carbons (Fsp3) is 0.250. The topological polar surface area (TPSA) is 119 Å². The molecule has 4 aromatic heterocycles. The van der Waals surface area contributed by atoms with Gasteiger partial charge in [0.2, 0.25) is 0 Å². The van der Waals surface area contributed by atoms with Gasteiger partial charge in [-0.3, -0.25) is 14.3 Å². The van der Waals surface area contributed by atoms with Crippen LogP contribution in [0.25, 0.3) is 5.65 Å². The first-order chi connectivity index (χ1) is 16.1. The smallest absolute Gasteiger partial charge is 0.433 e. The number of carbonyl (C=O) groups is 2. The number of alkyl halides is 3. The van der Waals surface area contributed by atoms with Gasteiger partial charge in [-0.05, 0) is 48.0 Å². The molecular weight excluding hydrogens is 523 g/mol. The van der Waals surface area contributed by atoms with Gasteiger partial charge in [-0.15, -0.1) is 0 Å². The molecule has 2 N–H and O–H groups in total. The third kappa shape index (κ3) is 4.53. The molecule has 4 rings (SSSR count). The molecule has 0 radical (unpaired) electrons. The van der Waals surface area contributed by atoms with Crippen molar-refractivity contribution in [1.82, 2.24) is 29.7 Å². The van der Waals surface area contributed by atoms with Gasteiger partial charge in [-0.1, -0.05) is 0 Å². The lowest BCUT2D eigenvalue weighted by Crippen LogP contribution is -2.25. The van der Waals surface area contributed by atoms with Crippen LogP contribution in [0.3, 0.4) is 0 Å². The third-order valence-electron chi connectivity index (χ3n) is 4.72. The van der Waals surface area contributed by atoms with Gasteiger partial charge in [0, 0.05) is 18.4 Å². The zero-order chi connectivity index (χ0) is 24.6. The number of aromatic nitrogens is 5. The predicted molar refractivity (Wildman–Crippen MR) is 116 cm³/mol. The van der Waals surface area contributed by atoms with Crippen LogP contribution in [0.1, 0.15) is 45.0 Å². The highest BCUT2D eigenvalue weighted by molar-refractivity contribution is 9.10. The maximum absolute atomic E-state index is 13.5. The first kappa shape index (κ1) is 23.5. The van der Waals surface area contributed by atoms with Crippen LogP contribution in [0, 0.1) is 6.92 Å². The Morgan fingerprint density at radius 2 is 1.97 bits per heavy atom. The van der Waals surface area contributed by atoms with Gasteiger partial charge < -0.3 is 15.1 Å². The average molecular weight is 540 g/mol. The van der Waals surface area contributed by atoms with Gasteiger partial charge in [-0.25, -0.2) is 9.50 Å². The number of amides is 2. The Labute approximate surface area is 198 Å². The highest BCUT2D eigenvalue weighted by atomic mass is 79.9. The van der Waals surface area contributed by atoms with Crippen LogP contribution in [-0.4, -0.2) is 36.2 Å². The number of hydrogen-bond acceptors (Lipinski definition) is 6. The maximum atomic E-state index is 13.5. The van der Waals surface area contributed by atoms with Crippen LogP contribution in [0.5, 0.6) is 0 Å². The molecular formula is C20H17BrF3N7O3. The van der Waals surface area contributed by atoms with E-state index in [4.69, 9.17) is 4.42 Å². The minimum atomic E-state index is -4.72. The van der Waals surface area contributed by atoms with Crippen LogP contribution in [0.4, 0.5) is 18.9 Å². The van der Waals surface area contributed by atoms with Crippen molar-refractivity contribution in [3.8, 4) is 0 Å². The van der Waals surface area contributed by atoms with E-state index in [0.29, 0.717) is 16.8 Å². The molecule has 0 atom stereocenters. The molecule has 178 valence electrons. The van der Waals surface area contributed by atoms with Crippen molar-refractivity contribution in [1.29, 1.82) is 0 Å². The summed E-state index contributed by atoms with van der Waals surface area (Å²) in [5.74, 6) is -0.908. The summed E-state index contributed by atoms with van der Waals surface area (Å²) < 4.78 is 47.6. The number of furan rings is 1. The van der Waals surface area contributed by atoms with Gasteiger partial charge in [0.05, 0.1) is 23.0 Å². The molecule has 0 aliphatic heterocycles. The lowest BCUT2D eigenvalue weighted by atomic mass is 10.3. The Bertz CT molecular complexity index is 1380. The molecule has 0 saturated heterocycles. The minimum absolute atomic E-state index is 0.0223. The van der Waals surface area contributed by atoms with Crippen molar-refractivity contribution < 1.29 is 27.2 Å². The second-order valence-corrected chi connectivity index (χ2v) is 7.93. The lowest BCUT2D eigenvalue weighted by molar-refractivity contribution is -0.142. The molecule has 4 aromatic rings. The Kier molecular flexibility index (Phi) is 6.17. The largest absolute Gasteiger partial charge is 0.467 e. The standard InChI is InChI=1S/C20H17BrF3N7O3/c1-3-30-9-12(15(28-30)18(32)25-8-11-5-4-6-34-11)27-19(33)16-14(21)17-26-10(2)7-13(20(22,23)24)31(17)29-16/h4-7,9H,3,8H2,1-2H3,(H,25,32)(H,27,33). The summed E-state index contributed by atoms with van der Waals surface area (Å²) in [5, 5.41) is 13.1. The van der Waals surface area contributed by atoms with Crippen LogP contribution in [-0.2, 0) is 19.3 Å². The summed E-state index contributed by atoms with van der Waals surface area (Å²) in [6.45, 7) is 3.70. The number of rotatable bonds is 6. The fourth-order valence-corrected chi connectivity index (χ4v) is 3.66. The monoisotopic (exact) mass is 539 g/mol. The zero-order valence-corrected chi connectivity index (χ0v) is 19.4. The molecule has 4 heterocycles. The molecule has 0 fully saturated rings. The average Bonchev–Trinajstić information content (AvgIpc) is 3.50. The SMILES string of the molecule is CCn1cc(NC(=O)c2nn3c(C(F)(F)F)cc(C)nc3c2Br)c(C(=O)NCc2ccco2)n1. The summed E-state index contributed by atoms with van der Waals surface area (Å²) in [6.07, 6.45) is -1.81. The Morgan fingerprint density at radius 3 is 2.62 bits per heavy atom. The quantitative estimate of drug-likeness (QED) is 0.384. The third-order valence-corrected chi connectivity index (χ3v) is 5.45. The maximum Gasteiger partial charge on any atom is 0.433 e. The molecule has 2 amide bonds. The fourth-order valence-electron chi connectivity index (χ4n) is 3.15. The predicted octanol–water partition coefficient (Wildman–Crippen LogP) is 3.81. The van der Waals surface area contributed by atoms with Crippen molar-refractivity contribution in [3.63, 3.8) is 0 Å². The molecule has 0 unspecified atom stereocenters. The van der Waals surface area contributed by atoms with Crippen molar-refractivity contribution in [3.05, 3.63) is 63.7 Å². The molecule has 0 aliphatic rings. The first-order valence-electron chi connectivity index (χ1n) is 9.91. The van der Waals surface area contributed by atoms with Gasteiger partial charge in [0.1, 0.15) is 11.5 Å². The van der Waals surface area contributed by atoms with Crippen molar-refractivity contribution in [2.45, 2.75) is 33.1 Å². The van der Waals surface area contributed by atoms with Crippen LogP contribution in [0.15, 0.2) is 39.5 Å². The zero-order valence-electron chi connectivity index (χ0n) is 17.8. The number of nitrogens with zero attached hydrogens (tertiary/aromatic N) is 5. The van der Waals surface area contributed by atoms with E-state index in [0.717, 1.165) is 6.07 Å². The minimum Gasteiger partial charge on any atom is -0.467 e. The van der Waals surface area contributed by atoms with Gasteiger partial charge in [-0.2, -0.15) is 23.4 Å². The van der Waals surface area contributed by atoms with Crippen molar-refractivity contribution >= 4 is 39.1 Å². The van der Waals surface area contributed by atoms with E-state index in [-0.39, 0.29) is 39.4 Å². The van der Waals surface area contributed by atoms with Gasteiger partial charge >= 0.3 is 6.18 Å². The molecule has 0 spiro atoms. The number of halogens is 4. The summed E-state index contributed by atoms with van der Waals surface area (Å²) in [7, 11) is 0. The summed E-state index contributed by atoms with van der Waals surface area (Å²) >= 11 is 3.13. The number of carbonyl (C=O) groups excluding carboxylic acids is 2. The summed E-state index contributed by atoms with van der Waals surface area (Å²) in [4.78, 5) is 29.7. The van der Waals surface area contributed by atoms with Crippen molar-refractivity contribution in [2.24, 2.45) is 0 Å². The van der Waals surface area contributed by atoms with E-state index in [1.54, 1.807) is 19.1 Å². The van der Waals surface area contributed by atoms with Crippen LogP contribution in [0.2, 0.25) is 0 Å². The van der Waals surface area contributed by atoms with E-state index in [1.165, 1.54) is 24.1 Å². The van der Waals surface area contributed by atoms with E-state index in [1.807, 2.05) is 0 Å². The Morgan fingerprint density at radius 1 is 1.21 bits per heavy atom. The second-order valence-electron chi connectivity index (χ2n) is 7.14. The number of fused-ring (bicyclic) bond motifs is 1. The molecule has 0 aromatic carbocycles. The summed E-state index contributed by atoms with van der Waals surface area (Å²) in [6, 6.07) is 4.19. The Balaban J connectivity index is 1.65. The highest BCUT2D eigenvalue weighted by Gasteiger charge is 2.36. The number of anilines is 1. The molecule has 10 nitrogen and oxygen atoms in total.